The minimum Gasteiger partial charge on any atom is -0.487 e. The number of benzene rings is 1. The fourth-order valence-corrected chi connectivity index (χ4v) is 1.52. The van der Waals surface area contributed by atoms with Crippen LogP contribution in [0.1, 0.15) is 31.1 Å². The van der Waals surface area contributed by atoms with Crippen LogP contribution in [0.3, 0.4) is 0 Å². The highest BCUT2D eigenvalue weighted by molar-refractivity contribution is 5.96. The van der Waals surface area contributed by atoms with E-state index >= 15 is 0 Å². The molecule has 1 N–H and O–H groups in total. The lowest BCUT2D eigenvalue weighted by molar-refractivity contribution is 0.0750. The second-order valence-electron chi connectivity index (χ2n) is 5.16. The third kappa shape index (κ3) is 4.04. The number of aliphatic hydroxyl groups excluding tert-OH is 1. The normalized spacial score (nSPS) is 11.2. The van der Waals surface area contributed by atoms with Crippen LogP contribution in [0.25, 0.3) is 0 Å². The van der Waals surface area contributed by atoms with E-state index in [1.165, 1.54) is 4.90 Å². The number of hydrogen-bond donors (Lipinski definition) is 1. The summed E-state index contributed by atoms with van der Waals surface area (Å²) in [5.74, 6) is 0.420. The van der Waals surface area contributed by atoms with Gasteiger partial charge in [-0.2, -0.15) is 0 Å². The van der Waals surface area contributed by atoms with Gasteiger partial charge >= 0.3 is 0 Å². The zero-order valence-electron chi connectivity index (χ0n) is 11.4. The van der Waals surface area contributed by atoms with Crippen LogP contribution in [-0.2, 0) is 0 Å². The van der Waals surface area contributed by atoms with Gasteiger partial charge in [0.05, 0.1) is 12.2 Å². The van der Waals surface area contributed by atoms with Gasteiger partial charge in [0.25, 0.3) is 5.91 Å². The highest BCUT2D eigenvalue weighted by Gasteiger charge is 2.19. The van der Waals surface area contributed by atoms with Crippen molar-refractivity contribution in [1.82, 2.24) is 4.90 Å². The Kier molecular flexibility index (Phi) is 4.73. The van der Waals surface area contributed by atoms with Crippen molar-refractivity contribution in [1.29, 1.82) is 0 Å². The molecule has 0 aromatic heterocycles. The molecule has 100 valence electrons. The van der Waals surface area contributed by atoms with E-state index in [2.05, 4.69) is 0 Å². The SMILES string of the molecule is CN(CCO)C(=O)c1ccccc1OC(C)(C)C. The van der Waals surface area contributed by atoms with E-state index in [1.807, 2.05) is 26.8 Å². The van der Waals surface area contributed by atoms with Crippen LogP contribution in [0, 0.1) is 0 Å². The van der Waals surface area contributed by atoms with E-state index in [0.29, 0.717) is 17.9 Å². The van der Waals surface area contributed by atoms with E-state index in [0.717, 1.165) is 0 Å². The molecule has 0 aliphatic carbocycles. The number of carbonyl (C=O) groups is 1. The largest absolute Gasteiger partial charge is 0.487 e. The van der Waals surface area contributed by atoms with Crippen molar-refractivity contribution in [2.24, 2.45) is 0 Å². The van der Waals surface area contributed by atoms with Crippen LogP contribution in [-0.4, -0.2) is 41.7 Å². The molecule has 0 heterocycles. The molecule has 1 rings (SSSR count). The molecule has 0 bridgehead atoms. The van der Waals surface area contributed by atoms with Crippen LogP contribution in [0.15, 0.2) is 24.3 Å². The lowest BCUT2D eigenvalue weighted by Gasteiger charge is -2.24. The molecule has 0 unspecified atom stereocenters. The number of likely N-dealkylation sites (N-methyl/N-ethyl adjacent to an activating group) is 1. The first-order valence-electron chi connectivity index (χ1n) is 5.99. The van der Waals surface area contributed by atoms with Crippen molar-refractivity contribution in [2.75, 3.05) is 20.2 Å². The topological polar surface area (TPSA) is 49.8 Å². The summed E-state index contributed by atoms with van der Waals surface area (Å²) in [4.78, 5) is 13.7. The predicted octanol–water partition coefficient (Wildman–Crippen LogP) is 1.93. The lowest BCUT2D eigenvalue weighted by atomic mass is 10.1. The monoisotopic (exact) mass is 251 g/mol. The first-order chi connectivity index (χ1) is 8.35. The zero-order chi connectivity index (χ0) is 13.8. The van der Waals surface area contributed by atoms with Crippen LogP contribution in [0.2, 0.25) is 0 Å². The van der Waals surface area contributed by atoms with Crippen molar-refractivity contribution in [3.8, 4) is 5.75 Å². The Hall–Kier alpha value is -1.55. The Bertz CT molecular complexity index is 410. The Morgan fingerprint density at radius 2 is 1.94 bits per heavy atom. The lowest BCUT2D eigenvalue weighted by Crippen LogP contribution is -2.31. The van der Waals surface area contributed by atoms with E-state index in [4.69, 9.17) is 9.84 Å². The fraction of sp³-hybridized carbons (Fsp3) is 0.500. The molecule has 0 spiro atoms. The first-order valence-corrected chi connectivity index (χ1v) is 5.99. The van der Waals surface area contributed by atoms with Crippen molar-refractivity contribution in [3.05, 3.63) is 29.8 Å². The van der Waals surface area contributed by atoms with Crippen LogP contribution >= 0.6 is 0 Å². The summed E-state index contributed by atoms with van der Waals surface area (Å²) in [6, 6.07) is 7.15. The number of rotatable bonds is 4. The maximum Gasteiger partial charge on any atom is 0.257 e. The molecule has 0 saturated carbocycles. The van der Waals surface area contributed by atoms with Crippen molar-refractivity contribution >= 4 is 5.91 Å². The third-order valence-corrected chi connectivity index (χ3v) is 2.32. The summed E-state index contributed by atoms with van der Waals surface area (Å²) in [6.45, 7) is 6.07. The number of nitrogens with zero attached hydrogens (tertiary/aromatic N) is 1. The predicted molar refractivity (Wildman–Crippen MR) is 70.9 cm³/mol. The van der Waals surface area contributed by atoms with E-state index < -0.39 is 0 Å². The third-order valence-electron chi connectivity index (χ3n) is 2.32. The maximum absolute atomic E-state index is 12.2. The number of aliphatic hydroxyl groups is 1. The molecule has 0 aliphatic rings. The molecule has 1 aromatic carbocycles. The van der Waals surface area contributed by atoms with E-state index in [-0.39, 0.29) is 18.1 Å². The molecule has 1 amide bonds. The van der Waals surface area contributed by atoms with Crippen molar-refractivity contribution in [3.63, 3.8) is 0 Å². The van der Waals surface area contributed by atoms with Crippen LogP contribution in [0.4, 0.5) is 0 Å². The summed E-state index contributed by atoms with van der Waals surface area (Å²) in [5.41, 5.74) is 0.162. The highest BCUT2D eigenvalue weighted by atomic mass is 16.5. The number of carbonyl (C=O) groups excluding carboxylic acids is 1. The molecular weight excluding hydrogens is 230 g/mol. The van der Waals surface area contributed by atoms with Gasteiger partial charge in [0, 0.05) is 13.6 Å². The van der Waals surface area contributed by atoms with Crippen molar-refractivity contribution < 1.29 is 14.6 Å². The number of hydrogen-bond acceptors (Lipinski definition) is 3. The number of ether oxygens (including phenoxy) is 1. The quantitative estimate of drug-likeness (QED) is 0.889. The minimum absolute atomic E-state index is 0.0511. The number of amides is 1. The van der Waals surface area contributed by atoms with Gasteiger partial charge in [0.15, 0.2) is 0 Å². The number of para-hydroxylation sites is 1. The first kappa shape index (κ1) is 14.5. The maximum atomic E-state index is 12.2. The molecule has 1 aromatic rings. The summed E-state index contributed by atoms with van der Waals surface area (Å²) in [5, 5.41) is 8.86. The Morgan fingerprint density at radius 3 is 2.50 bits per heavy atom. The van der Waals surface area contributed by atoms with Gasteiger partial charge in [-0.1, -0.05) is 12.1 Å². The van der Waals surface area contributed by atoms with Gasteiger partial charge in [-0.15, -0.1) is 0 Å². The second-order valence-corrected chi connectivity index (χ2v) is 5.16. The summed E-state index contributed by atoms with van der Waals surface area (Å²) in [7, 11) is 1.66. The fourth-order valence-electron chi connectivity index (χ4n) is 1.52. The Morgan fingerprint density at radius 1 is 1.33 bits per heavy atom. The highest BCUT2D eigenvalue weighted by Crippen LogP contribution is 2.23. The molecule has 18 heavy (non-hydrogen) atoms. The van der Waals surface area contributed by atoms with E-state index in [9.17, 15) is 4.79 Å². The summed E-state index contributed by atoms with van der Waals surface area (Å²) < 4.78 is 5.77. The zero-order valence-corrected chi connectivity index (χ0v) is 11.4. The molecular formula is C14H21NO3. The van der Waals surface area contributed by atoms with Gasteiger partial charge < -0.3 is 14.7 Å². The van der Waals surface area contributed by atoms with Gasteiger partial charge in [0.2, 0.25) is 0 Å². The molecule has 0 fully saturated rings. The molecule has 0 aliphatic heterocycles. The molecule has 0 radical (unpaired) electrons. The van der Waals surface area contributed by atoms with Crippen molar-refractivity contribution in [2.45, 2.75) is 26.4 Å². The van der Waals surface area contributed by atoms with Gasteiger partial charge in [-0.25, -0.2) is 0 Å². The Balaban J connectivity index is 2.98. The average Bonchev–Trinajstić information content (AvgIpc) is 2.27. The van der Waals surface area contributed by atoms with Gasteiger partial charge in [-0.3, -0.25) is 4.79 Å². The minimum atomic E-state index is -0.355. The van der Waals surface area contributed by atoms with Crippen LogP contribution in [0.5, 0.6) is 5.75 Å². The average molecular weight is 251 g/mol. The van der Waals surface area contributed by atoms with Gasteiger partial charge in [0.1, 0.15) is 11.4 Å². The molecule has 0 saturated heterocycles. The summed E-state index contributed by atoms with van der Waals surface area (Å²) >= 11 is 0. The van der Waals surface area contributed by atoms with E-state index in [1.54, 1.807) is 25.2 Å². The molecule has 4 nitrogen and oxygen atoms in total. The van der Waals surface area contributed by atoms with Crippen LogP contribution < -0.4 is 4.74 Å². The molecule has 0 atom stereocenters. The summed E-state index contributed by atoms with van der Waals surface area (Å²) in [6.07, 6.45) is 0. The second kappa shape index (κ2) is 5.87. The van der Waals surface area contributed by atoms with Gasteiger partial charge in [-0.05, 0) is 32.9 Å². The standard InChI is InChI=1S/C14H21NO3/c1-14(2,3)18-12-8-6-5-7-11(12)13(17)15(4)9-10-16/h5-8,16H,9-10H2,1-4H3. The Labute approximate surface area is 108 Å². The molecule has 4 heteroatoms. The smallest absolute Gasteiger partial charge is 0.257 e.